The number of halogens is 1. The molecule has 0 fully saturated rings. The summed E-state index contributed by atoms with van der Waals surface area (Å²) in [5.74, 6) is 0.803. The number of carbonyl (C=O) groups is 1. The van der Waals surface area contributed by atoms with Crippen molar-refractivity contribution in [2.45, 2.75) is 26.4 Å². The summed E-state index contributed by atoms with van der Waals surface area (Å²) in [5, 5.41) is 3.67. The van der Waals surface area contributed by atoms with Gasteiger partial charge in [0.15, 0.2) is 0 Å². The van der Waals surface area contributed by atoms with Gasteiger partial charge < -0.3 is 9.88 Å². The van der Waals surface area contributed by atoms with Crippen molar-refractivity contribution in [2.75, 3.05) is 0 Å². The molecule has 5 heteroatoms. The molecule has 4 rings (SSSR count). The van der Waals surface area contributed by atoms with Gasteiger partial charge in [-0.1, -0.05) is 65.7 Å². The molecule has 4 nitrogen and oxygen atoms in total. The second-order valence-electron chi connectivity index (χ2n) is 7.17. The summed E-state index contributed by atoms with van der Waals surface area (Å²) < 4.78 is 2.17. The standard InChI is InChI=1S/C24H22ClN3O/c1-17-6-8-19(9-7-17)16-28-22-5-3-2-4-21(22)27-23(28)15-26-24(29)14-18-10-12-20(25)13-11-18/h2-13H,14-16H2,1H3,(H,26,29). The summed E-state index contributed by atoms with van der Waals surface area (Å²) in [4.78, 5) is 17.2. The molecule has 0 unspecified atom stereocenters. The Labute approximate surface area is 175 Å². The van der Waals surface area contributed by atoms with Crippen LogP contribution in [0.3, 0.4) is 0 Å². The van der Waals surface area contributed by atoms with Crippen LogP contribution in [0, 0.1) is 6.92 Å². The molecule has 0 saturated heterocycles. The van der Waals surface area contributed by atoms with Crippen LogP contribution in [0.15, 0.2) is 72.8 Å². The van der Waals surface area contributed by atoms with Gasteiger partial charge in [-0.15, -0.1) is 0 Å². The molecule has 0 radical (unpaired) electrons. The number of hydrogen-bond donors (Lipinski definition) is 1. The number of fused-ring (bicyclic) bond motifs is 1. The first-order valence-corrected chi connectivity index (χ1v) is 9.97. The highest BCUT2D eigenvalue weighted by Gasteiger charge is 2.12. The highest BCUT2D eigenvalue weighted by molar-refractivity contribution is 6.30. The average molecular weight is 404 g/mol. The molecular weight excluding hydrogens is 382 g/mol. The lowest BCUT2D eigenvalue weighted by molar-refractivity contribution is -0.120. The number of amides is 1. The molecule has 1 heterocycles. The lowest BCUT2D eigenvalue weighted by Crippen LogP contribution is -2.26. The van der Waals surface area contributed by atoms with E-state index in [0.717, 1.165) is 22.4 Å². The third-order valence-electron chi connectivity index (χ3n) is 4.92. The summed E-state index contributed by atoms with van der Waals surface area (Å²) in [6.07, 6.45) is 0.315. The third-order valence-corrected chi connectivity index (χ3v) is 5.17. The lowest BCUT2D eigenvalue weighted by atomic mass is 10.1. The number of hydrogen-bond acceptors (Lipinski definition) is 2. The van der Waals surface area contributed by atoms with Crippen LogP contribution in [0.4, 0.5) is 0 Å². The van der Waals surface area contributed by atoms with Crippen LogP contribution >= 0.6 is 11.6 Å². The van der Waals surface area contributed by atoms with E-state index < -0.39 is 0 Å². The van der Waals surface area contributed by atoms with E-state index in [9.17, 15) is 4.79 Å². The van der Waals surface area contributed by atoms with Crippen molar-refractivity contribution in [1.29, 1.82) is 0 Å². The van der Waals surface area contributed by atoms with E-state index >= 15 is 0 Å². The maximum Gasteiger partial charge on any atom is 0.224 e. The molecular formula is C24H22ClN3O. The topological polar surface area (TPSA) is 46.9 Å². The minimum atomic E-state index is -0.0405. The van der Waals surface area contributed by atoms with Gasteiger partial charge in [0, 0.05) is 11.6 Å². The first-order chi connectivity index (χ1) is 14.1. The second-order valence-corrected chi connectivity index (χ2v) is 7.60. The van der Waals surface area contributed by atoms with Gasteiger partial charge >= 0.3 is 0 Å². The Morgan fingerprint density at radius 3 is 2.41 bits per heavy atom. The first kappa shape index (κ1) is 19.2. The number of rotatable bonds is 6. The van der Waals surface area contributed by atoms with Gasteiger partial charge in [0.1, 0.15) is 5.82 Å². The number of aromatic nitrogens is 2. The van der Waals surface area contributed by atoms with Gasteiger partial charge in [-0.2, -0.15) is 0 Å². The molecule has 1 aromatic heterocycles. The Morgan fingerprint density at radius 1 is 0.966 bits per heavy atom. The molecule has 0 aliphatic heterocycles. The minimum Gasteiger partial charge on any atom is -0.349 e. The SMILES string of the molecule is Cc1ccc(Cn2c(CNC(=O)Cc3ccc(Cl)cc3)nc3ccccc32)cc1. The van der Waals surface area contributed by atoms with Crippen molar-refractivity contribution < 1.29 is 4.79 Å². The number of aryl methyl sites for hydroxylation is 1. The number of carbonyl (C=O) groups excluding carboxylic acids is 1. The summed E-state index contributed by atoms with van der Waals surface area (Å²) in [6, 6.07) is 23.9. The van der Waals surface area contributed by atoms with Crippen molar-refractivity contribution in [3.8, 4) is 0 Å². The van der Waals surface area contributed by atoms with E-state index in [-0.39, 0.29) is 5.91 Å². The van der Waals surface area contributed by atoms with E-state index in [1.165, 1.54) is 11.1 Å². The number of nitrogens with one attached hydrogen (secondary N) is 1. The van der Waals surface area contributed by atoms with Crippen molar-refractivity contribution >= 4 is 28.5 Å². The molecule has 1 amide bonds. The van der Waals surface area contributed by atoms with Gasteiger partial charge in [0.25, 0.3) is 0 Å². The van der Waals surface area contributed by atoms with Gasteiger partial charge in [0.2, 0.25) is 5.91 Å². The molecule has 29 heavy (non-hydrogen) atoms. The molecule has 4 aromatic rings. The quantitative estimate of drug-likeness (QED) is 0.497. The van der Waals surface area contributed by atoms with Crippen LogP contribution in [0.2, 0.25) is 5.02 Å². The van der Waals surface area contributed by atoms with Crippen LogP contribution in [0.1, 0.15) is 22.5 Å². The molecule has 0 aliphatic carbocycles. The zero-order valence-corrected chi connectivity index (χ0v) is 17.0. The fourth-order valence-electron chi connectivity index (χ4n) is 3.34. The Bertz CT molecular complexity index is 1130. The molecule has 0 bridgehead atoms. The van der Waals surface area contributed by atoms with E-state index in [0.29, 0.717) is 24.5 Å². The molecule has 146 valence electrons. The summed E-state index contributed by atoms with van der Waals surface area (Å²) in [5.41, 5.74) is 5.36. The Morgan fingerprint density at radius 2 is 1.66 bits per heavy atom. The Hall–Kier alpha value is -3.11. The fourth-order valence-corrected chi connectivity index (χ4v) is 3.47. The molecule has 1 N–H and O–H groups in total. The zero-order valence-electron chi connectivity index (χ0n) is 16.2. The average Bonchev–Trinajstić information content (AvgIpc) is 3.07. The maximum absolute atomic E-state index is 12.4. The van der Waals surface area contributed by atoms with E-state index in [4.69, 9.17) is 16.6 Å². The molecule has 0 aliphatic rings. The lowest BCUT2D eigenvalue weighted by Gasteiger charge is -2.11. The van der Waals surface area contributed by atoms with Gasteiger partial charge in [-0.25, -0.2) is 4.98 Å². The third kappa shape index (κ3) is 4.66. The minimum absolute atomic E-state index is 0.0405. The van der Waals surface area contributed by atoms with Gasteiger partial charge in [-0.05, 0) is 42.3 Å². The van der Waals surface area contributed by atoms with Crippen LogP contribution in [-0.4, -0.2) is 15.5 Å². The van der Waals surface area contributed by atoms with E-state index in [1.807, 2.05) is 30.3 Å². The number of para-hydroxylation sites is 2. The molecule has 3 aromatic carbocycles. The highest BCUT2D eigenvalue weighted by Crippen LogP contribution is 2.18. The highest BCUT2D eigenvalue weighted by atomic mass is 35.5. The first-order valence-electron chi connectivity index (χ1n) is 9.59. The maximum atomic E-state index is 12.4. The van der Waals surface area contributed by atoms with E-state index in [2.05, 4.69) is 47.1 Å². The largest absolute Gasteiger partial charge is 0.349 e. The van der Waals surface area contributed by atoms with Crippen molar-refractivity contribution in [1.82, 2.24) is 14.9 Å². The van der Waals surface area contributed by atoms with Crippen LogP contribution in [0.5, 0.6) is 0 Å². The number of imidazole rings is 1. The number of nitrogens with zero attached hydrogens (tertiary/aromatic N) is 2. The monoisotopic (exact) mass is 403 g/mol. The molecule has 0 atom stereocenters. The van der Waals surface area contributed by atoms with Crippen molar-refractivity contribution in [2.24, 2.45) is 0 Å². The normalized spacial score (nSPS) is 11.0. The number of benzene rings is 3. The summed E-state index contributed by atoms with van der Waals surface area (Å²) in [7, 11) is 0. The predicted octanol–water partition coefficient (Wildman–Crippen LogP) is 4.91. The fraction of sp³-hybridized carbons (Fsp3) is 0.167. The van der Waals surface area contributed by atoms with Crippen LogP contribution in [0.25, 0.3) is 11.0 Å². The molecule has 0 saturated carbocycles. The van der Waals surface area contributed by atoms with Gasteiger partial charge in [-0.3, -0.25) is 4.79 Å². The molecule has 0 spiro atoms. The van der Waals surface area contributed by atoms with Crippen molar-refractivity contribution in [3.63, 3.8) is 0 Å². The summed E-state index contributed by atoms with van der Waals surface area (Å²) >= 11 is 5.91. The smallest absolute Gasteiger partial charge is 0.224 e. The predicted molar refractivity (Wildman–Crippen MR) is 117 cm³/mol. The summed E-state index contributed by atoms with van der Waals surface area (Å²) in [6.45, 7) is 3.17. The Kier molecular flexibility index (Phi) is 5.63. The zero-order chi connectivity index (χ0) is 20.2. The second kappa shape index (κ2) is 8.50. The van der Waals surface area contributed by atoms with E-state index in [1.54, 1.807) is 12.1 Å². The van der Waals surface area contributed by atoms with Crippen molar-refractivity contribution in [3.05, 3.63) is 100 Å². The Balaban J connectivity index is 1.52. The van der Waals surface area contributed by atoms with Gasteiger partial charge in [0.05, 0.1) is 24.0 Å². The van der Waals surface area contributed by atoms with Crippen LogP contribution in [-0.2, 0) is 24.3 Å². The van der Waals surface area contributed by atoms with Crippen LogP contribution < -0.4 is 5.32 Å².